The van der Waals surface area contributed by atoms with Gasteiger partial charge in [-0.05, 0) is 48.7 Å². The Labute approximate surface area is 187 Å². The first kappa shape index (κ1) is 23.0. The highest BCUT2D eigenvalue weighted by molar-refractivity contribution is 7.99. The molecule has 31 heavy (non-hydrogen) atoms. The minimum Gasteiger partial charge on any atom is -0.493 e. The summed E-state index contributed by atoms with van der Waals surface area (Å²) in [7, 11) is 1.55. The summed E-state index contributed by atoms with van der Waals surface area (Å²) in [5.41, 5.74) is 2.32. The first-order valence-electron chi connectivity index (χ1n) is 10.3. The molecule has 0 unspecified atom stereocenters. The van der Waals surface area contributed by atoms with E-state index in [1.165, 1.54) is 0 Å². The number of carboxylic acid groups (broad SMARTS) is 1. The predicted molar refractivity (Wildman–Crippen MR) is 123 cm³/mol. The van der Waals surface area contributed by atoms with E-state index in [0.717, 1.165) is 24.1 Å². The fraction of sp³-hybridized carbons (Fsp3) is 0.417. The molecule has 0 radical (unpaired) electrons. The molecular weight excluding hydrogens is 414 g/mol. The molecule has 3 rings (SSSR count). The minimum atomic E-state index is -0.908. The van der Waals surface area contributed by atoms with E-state index in [4.69, 9.17) is 14.6 Å². The van der Waals surface area contributed by atoms with E-state index >= 15 is 0 Å². The van der Waals surface area contributed by atoms with Crippen molar-refractivity contribution in [1.29, 1.82) is 0 Å². The second-order valence-corrected chi connectivity index (χ2v) is 10.4. The molecule has 0 atom stereocenters. The highest BCUT2D eigenvalue weighted by Crippen LogP contribution is 2.38. The third-order valence-electron chi connectivity index (χ3n) is 4.74. The molecule has 7 heteroatoms. The van der Waals surface area contributed by atoms with E-state index in [1.807, 2.05) is 18.2 Å². The number of carbonyl (C=O) groups excluding carboxylic acids is 1. The van der Waals surface area contributed by atoms with Gasteiger partial charge in [0.05, 0.1) is 13.5 Å². The molecule has 1 aliphatic rings. The van der Waals surface area contributed by atoms with Crippen LogP contribution in [0, 0.1) is 5.92 Å². The number of benzene rings is 2. The van der Waals surface area contributed by atoms with Crippen LogP contribution >= 0.6 is 11.8 Å². The number of nitrogens with one attached hydrogen (secondary N) is 1. The summed E-state index contributed by atoms with van der Waals surface area (Å²) in [6.07, 6.45) is 1.80. The van der Waals surface area contributed by atoms with Gasteiger partial charge < -0.3 is 19.9 Å². The van der Waals surface area contributed by atoms with Gasteiger partial charge in [0.15, 0.2) is 11.5 Å². The van der Waals surface area contributed by atoms with Gasteiger partial charge in [-0.15, -0.1) is 0 Å². The van der Waals surface area contributed by atoms with Crippen molar-refractivity contribution in [1.82, 2.24) is 0 Å². The highest BCUT2D eigenvalue weighted by atomic mass is 32.2. The van der Waals surface area contributed by atoms with E-state index in [0.29, 0.717) is 28.6 Å². The standard InChI is InChI=1S/C24H29NO5S/c1-24(2,3)31-14-17-13-18(25-23(28)16-6-7-16)8-10-19(17)30-21-11-15(12-22(26)27)5-9-20(21)29-4/h5,8-11,13,16H,6-7,12,14H2,1-4H3,(H,25,28)(H,26,27). The van der Waals surface area contributed by atoms with Crippen LogP contribution < -0.4 is 14.8 Å². The number of hydrogen-bond acceptors (Lipinski definition) is 5. The zero-order chi connectivity index (χ0) is 22.6. The lowest BCUT2D eigenvalue weighted by Gasteiger charge is -2.20. The third kappa shape index (κ3) is 6.92. The first-order chi connectivity index (χ1) is 14.6. The maximum absolute atomic E-state index is 12.2. The van der Waals surface area contributed by atoms with E-state index < -0.39 is 5.97 Å². The van der Waals surface area contributed by atoms with Crippen molar-refractivity contribution >= 4 is 29.3 Å². The average Bonchev–Trinajstić information content (AvgIpc) is 3.52. The Kier molecular flexibility index (Phi) is 7.15. The van der Waals surface area contributed by atoms with Gasteiger partial charge in [0.2, 0.25) is 5.91 Å². The molecule has 1 aliphatic carbocycles. The fourth-order valence-electron chi connectivity index (χ4n) is 2.96. The molecule has 2 aromatic rings. The number of hydrogen-bond donors (Lipinski definition) is 2. The number of carbonyl (C=O) groups is 2. The van der Waals surface area contributed by atoms with Crippen LogP contribution in [0.15, 0.2) is 36.4 Å². The Morgan fingerprint density at radius 2 is 1.81 bits per heavy atom. The summed E-state index contributed by atoms with van der Waals surface area (Å²) in [5, 5.41) is 12.1. The molecule has 6 nitrogen and oxygen atoms in total. The molecule has 1 saturated carbocycles. The minimum absolute atomic E-state index is 0.0592. The molecule has 0 bridgehead atoms. The number of carboxylic acids is 1. The first-order valence-corrected chi connectivity index (χ1v) is 11.3. The second kappa shape index (κ2) is 9.64. The number of rotatable bonds is 9. The maximum Gasteiger partial charge on any atom is 0.307 e. The van der Waals surface area contributed by atoms with Crippen LogP contribution in [-0.2, 0) is 21.8 Å². The molecule has 0 saturated heterocycles. The molecule has 0 spiro atoms. The van der Waals surface area contributed by atoms with Crippen molar-refractivity contribution < 1.29 is 24.2 Å². The topological polar surface area (TPSA) is 84.9 Å². The molecule has 1 fully saturated rings. The lowest BCUT2D eigenvalue weighted by Crippen LogP contribution is -2.13. The van der Waals surface area contributed by atoms with Gasteiger partial charge in [0.1, 0.15) is 5.75 Å². The summed E-state index contributed by atoms with van der Waals surface area (Å²) >= 11 is 1.78. The van der Waals surface area contributed by atoms with Crippen molar-refractivity contribution in [2.45, 2.75) is 50.5 Å². The Morgan fingerprint density at radius 3 is 2.42 bits per heavy atom. The zero-order valence-electron chi connectivity index (χ0n) is 18.4. The van der Waals surface area contributed by atoms with Crippen LogP contribution in [0.25, 0.3) is 0 Å². The smallest absolute Gasteiger partial charge is 0.307 e. The molecule has 0 heterocycles. The van der Waals surface area contributed by atoms with Crippen molar-refractivity contribution in [3.63, 3.8) is 0 Å². The van der Waals surface area contributed by atoms with Crippen LogP contribution in [0.1, 0.15) is 44.7 Å². The Morgan fingerprint density at radius 1 is 1.10 bits per heavy atom. The molecular formula is C24H29NO5S. The van der Waals surface area contributed by atoms with Crippen molar-refractivity contribution in [3.05, 3.63) is 47.5 Å². The fourth-order valence-corrected chi connectivity index (χ4v) is 3.77. The van der Waals surface area contributed by atoms with Crippen LogP contribution in [0.5, 0.6) is 17.2 Å². The monoisotopic (exact) mass is 443 g/mol. The van der Waals surface area contributed by atoms with E-state index in [9.17, 15) is 9.59 Å². The zero-order valence-corrected chi connectivity index (χ0v) is 19.2. The number of amides is 1. The van der Waals surface area contributed by atoms with Crippen molar-refractivity contribution in [2.24, 2.45) is 5.92 Å². The normalized spacial score (nSPS) is 13.5. The lowest BCUT2D eigenvalue weighted by molar-refractivity contribution is -0.136. The number of anilines is 1. The number of methoxy groups -OCH3 is 1. The predicted octanol–water partition coefficient (Wildman–Crippen LogP) is 5.49. The Bertz CT molecular complexity index is 963. The third-order valence-corrected chi connectivity index (χ3v) is 6.06. The molecule has 0 aromatic heterocycles. The summed E-state index contributed by atoms with van der Waals surface area (Å²) in [6.45, 7) is 6.44. The maximum atomic E-state index is 12.2. The van der Waals surface area contributed by atoms with Crippen LogP contribution in [0.4, 0.5) is 5.69 Å². The van der Waals surface area contributed by atoms with Gasteiger partial charge >= 0.3 is 5.97 Å². The second-order valence-electron chi connectivity index (χ2n) is 8.64. The number of aliphatic carboxylic acids is 1. The summed E-state index contributed by atoms with van der Waals surface area (Å²) < 4.78 is 11.7. The molecule has 0 aliphatic heterocycles. The quantitative estimate of drug-likeness (QED) is 0.533. The lowest BCUT2D eigenvalue weighted by atomic mass is 10.1. The van der Waals surface area contributed by atoms with Gasteiger partial charge in [-0.3, -0.25) is 9.59 Å². The van der Waals surface area contributed by atoms with Crippen LogP contribution in [-0.4, -0.2) is 28.8 Å². The Balaban J connectivity index is 1.89. The number of thioether (sulfide) groups is 1. The average molecular weight is 444 g/mol. The van der Waals surface area contributed by atoms with Gasteiger partial charge in [0.25, 0.3) is 0 Å². The van der Waals surface area contributed by atoms with Gasteiger partial charge in [0, 0.05) is 27.7 Å². The van der Waals surface area contributed by atoms with E-state index in [2.05, 4.69) is 26.1 Å². The summed E-state index contributed by atoms with van der Waals surface area (Å²) in [4.78, 5) is 23.3. The molecule has 2 aromatic carbocycles. The Hall–Kier alpha value is -2.67. The molecule has 1 amide bonds. The molecule has 166 valence electrons. The van der Waals surface area contributed by atoms with Crippen LogP contribution in [0.2, 0.25) is 0 Å². The number of ether oxygens (including phenoxy) is 2. The van der Waals surface area contributed by atoms with E-state index in [1.54, 1.807) is 37.1 Å². The highest BCUT2D eigenvalue weighted by Gasteiger charge is 2.29. The van der Waals surface area contributed by atoms with Gasteiger partial charge in [-0.25, -0.2) is 0 Å². The largest absolute Gasteiger partial charge is 0.493 e. The molecule has 2 N–H and O–H groups in total. The summed E-state index contributed by atoms with van der Waals surface area (Å²) in [6, 6.07) is 10.7. The summed E-state index contributed by atoms with van der Waals surface area (Å²) in [5.74, 6) is 1.60. The van der Waals surface area contributed by atoms with Crippen LogP contribution in [0.3, 0.4) is 0 Å². The SMILES string of the molecule is COc1ccc(CC(=O)O)cc1Oc1ccc(NC(=O)C2CC2)cc1CSC(C)(C)C. The van der Waals surface area contributed by atoms with E-state index in [-0.39, 0.29) is 23.0 Å². The van der Waals surface area contributed by atoms with Crippen molar-refractivity contribution in [2.75, 3.05) is 12.4 Å². The van der Waals surface area contributed by atoms with Gasteiger partial charge in [-0.1, -0.05) is 26.8 Å². The van der Waals surface area contributed by atoms with Crippen molar-refractivity contribution in [3.8, 4) is 17.2 Å². The van der Waals surface area contributed by atoms with Gasteiger partial charge in [-0.2, -0.15) is 11.8 Å².